The summed E-state index contributed by atoms with van der Waals surface area (Å²) in [6.45, 7) is 0. The van der Waals surface area contributed by atoms with Crippen molar-refractivity contribution in [3.63, 3.8) is 0 Å². The maximum atomic E-state index is 12.0. The number of rotatable bonds is 2. The first-order chi connectivity index (χ1) is 9.75. The lowest BCUT2D eigenvalue weighted by Gasteiger charge is -1.97. The summed E-state index contributed by atoms with van der Waals surface area (Å²) in [5, 5.41) is 3.85. The summed E-state index contributed by atoms with van der Waals surface area (Å²) >= 11 is 1.20. The van der Waals surface area contributed by atoms with Crippen LogP contribution < -0.4 is 0 Å². The van der Waals surface area contributed by atoms with E-state index in [-0.39, 0.29) is 10.8 Å². The molecule has 20 heavy (non-hydrogen) atoms. The van der Waals surface area contributed by atoms with Gasteiger partial charge in [-0.15, -0.1) is 0 Å². The van der Waals surface area contributed by atoms with Crippen molar-refractivity contribution < 1.29 is 14.4 Å². The van der Waals surface area contributed by atoms with E-state index in [2.05, 4.69) is 5.16 Å². The second-order valence-electron chi connectivity index (χ2n) is 4.07. The van der Waals surface area contributed by atoms with E-state index in [1.165, 1.54) is 11.8 Å². The summed E-state index contributed by atoms with van der Waals surface area (Å²) in [5.74, 6) is -0.797. The average molecular weight is 283 g/mol. The van der Waals surface area contributed by atoms with Gasteiger partial charge in [0.1, 0.15) is 0 Å². The van der Waals surface area contributed by atoms with Gasteiger partial charge >= 0.3 is 5.97 Å². The lowest BCUT2D eigenvalue weighted by molar-refractivity contribution is 0.0517. The average Bonchev–Trinajstić information content (AvgIpc) is 2.83. The minimum Gasteiger partial charge on any atom is -0.312 e. The van der Waals surface area contributed by atoms with E-state index in [0.29, 0.717) is 11.1 Å². The molecule has 1 heterocycles. The first kappa shape index (κ1) is 12.6. The van der Waals surface area contributed by atoms with Crippen LogP contribution in [0.5, 0.6) is 0 Å². The molecule has 0 unspecified atom stereocenters. The van der Waals surface area contributed by atoms with E-state index in [1.807, 2.05) is 12.1 Å². The summed E-state index contributed by atoms with van der Waals surface area (Å²) in [5.41, 5.74) is 0.983. The Morgan fingerprint density at radius 2 is 1.70 bits per heavy atom. The van der Waals surface area contributed by atoms with E-state index in [1.54, 1.807) is 42.5 Å². The molecule has 2 aromatic carbocycles. The van der Waals surface area contributed by atoms with Crippen LogP contribution in [0.4, 0.5) is 0 Å². The minimum absolute atomic E-state index is 0.176. The van der Waals surface area contributed by atoms with Crippen molar-refractivity contribution in [2.45, 2.75) is 4.90 Å². The third-order valence-corrected chi connectivity index (χ3v) is 3.78. The summed E-state index contributed by atoms with van der Waals surface area (Å²) in [7, 11) is 0. The number of thioether (sulfide) groups is 1. The smallest absolute Gasteiger partial charge is 0.312 e. The molecule has 0 N–H and O–H groups in total. The molecular formula is C15H9NO3S. The fourth-order valence-electron chi connectivity index (χ4n) is 1.78. The van der Waals surface area contributed by atoms with Crippen LogP contribution in [0.3, 0.4) is 0 Å². The van der Waals surface area contributed by atoms with Gasteiger partial charge in [0.15, 0.2) is 5.04 Å². The zero-order valence-corrected chi connectivity index (χ0v) is 11.1. The zero-order valence-electron chi connectivity index (χ0n) is 10.3. The Bertz CT molecular complexity index is 710. The monoisotopic (exact) mass is 283 g/mol. The van der Waals surface area contributed by atoms with E-state index >= 15 is 0 Å². The molecule has 3 rings (SSSR count). The summed E-state index contributed by atoms with van der Waals surface area (Å²) in [6, 6.07) is 15.7. The van der Waals surface area contributed by atoms with Crippen molar-refractivity contribution >= 4 is 28.6 Å². The van der Waals surface area contributed by atoms with Crippen molar-refractivity contribution in [2.75, 3.05) is 0 Å². The maximum absolute atomic E-state index is 12.0. The second-order valence-corrected chi connectivity index (χ2v) is 5.10. The van der Waals surface area contributed by atoms with Crippen molar-refractivity contribution in [1.29, 1.82) is 0 Å². The highest BCUT2D eigenvalue weighted by molar-refractivity contribution is 8.16. The Labute approximate surface area is 119 Å². The largest absolute Gasteiger partial charge is 0.365 e. The molecule has 0 fully saturated rings. The predicted octanol–water partition coefficient (Wildman–Crippen LogP) is 3.15. The highest BCUT2D eigenvalue weighted by Gasteiger charge is 2.28. The van der Waals surface area contributed by atoms with Crippen LogP contribution in [0.25, 0.3) is 0 Å². The molecule has 0 spiro atoms. The van der Waals surface area contributed by atoms with Crippen molar-refractivity contribution in [3.8, 4) is 0 Å². The van der Waals surface area contributed by atoms with E-state index in [9.17, 15) is 9.59 Å². The van der Waals surface area contributed by atoms with Crippen molar-refractivity contribution in [1.82, 2.24) is 0 Å². The molecule has 0 bridgehead atoms. The topological polar surface area (TPSA) is 55.7 Å². The van der Waals surface area contributed by atoms with Gasteiger partial charge in [-0.2, -0.15) is 0 Å². The van der Waals surface area contributed by atoms with Crippen molar-refractivity contribution in [3.05, 3.63) is 65.7 Å². The van der Waals surface area contributed by atoms with Crippen molar-refractivity contribution in [2.24, 2.45) is 5.16 Å². The predicted molar refractivity (Wildman–Crippen MR) is 75.9 cm³/mol. The third kappa shape index (κ3) is 2.35. The SMILES string of the molecule is O=C(O/N=C1\Sc2ccccc2C1=O)c1ccccc1. The molecule has 98 valence electrons. The molecule has 1 aliphatic heterocycles. The van der Waals surface area contributed by atoms with Gasteiger partial charge in [-0.25, -0.2) is 4.79 Å². The number of hydrogen-bond donors (Lipinski definition) is 0. The number of fused-ring (bicyclic) bond motifs is 1. The van der Waals surface area contributed by atoms with Gasteiger partial charge in [-0.3, -0.25) is 4.79 Å². The Kier molecular flexibility index (Phi) is 3.35. The summed E-state index contributed by atoms with van der Waals surface area (Å²) in [4.78, 5) is 29.4. The van der Waals surface area contributed by atoms with Gasteiger partial charge < -0.3 is 4.84 Å². The number of ketones is 1. The Balaban J connectivity index is 1.76. The molecule has 0 aromatic heterocycles. The van der Waals surface area contributed by atoms with E-state index in [0.717, 1.165) is 4.90 Å². The standard InChI is InChI=1S/C15H9NO3S/c17-13-11-8-4-5-9-12(11)20-14(13)16-19-15(18)10-6-2-1-3-7-10/h1-9H/b16-14-. The van der Waals surface area contributed by atoms with Crippen LogP contribution in [0.2, 0.25) is 0 Å². The first-order valence-electron chi connectivity index (χ1n) is 5.91. The van der Waals surface area contributed by atoms with Crippen LogP contribution >= 0.6 is 11.8 Å². The number of benzene rings is 2. The van der Waals surface area contributed by atoms with E-state index < -0.39 is 5.97 Å². The fourth-order valence-corrected chi connectivity index (χ4v) is 2.68. The number of Topliss-reactive ketones (excluding diaryl/α,β-unsaturated/α-hetero) is 1. The summed E-state index contributed by atoms with van der Waals surface area (Å²) in [6.07, 6.45) is 0. The van der Waals surface area contributed by atoms with E-state index in [4.69, 9.17) is 4.84 Å². The maximum Gasteiger partial charge on any atom is 0.365 e. The molecule has 4 nitrogen and oxygen atoms in total. The molecule has 5 heteroatoms. The third-order valence-electron chi connectivity index (χ3n) is 2.75. The van der Waals surface area contributed by atoms with Gasteiger partial charge in [0.2, 0.25) is 5.78 Å². The first-order valence-corrected chi connectivity index (χ1v) is 6.73. The second kappa shape index (κ2) is 5.30. The lowest BCUT2D eigenvalue weighted by atomic mass is 10.1. The molecule has 0 aliphatic carbocycles. The number of carbonyl (C=O) groups is 2. The van der Waals surface area contributed by atoms with Gasteiger partial charge in [0.25, 0.3) is 0 Å². The van der Waals surface area contributed by atoms with Gasteiger partial charge in [-0.1, -0.05) is 47.2 Å². The zero-order chi connectivity index (χ0) is 13.9. The Hall–Kier alpha value is -2.40. The van der Waals surface area contributed by atoms with Crippen LogP contribution in [-0.4, -0.2) is 16.8 Å². The normalized spacial score (nSPS) is 15.2. The Morgan fingerprint density at radius 1 is 1.00 bits per heavy atom. The minimum atomic E-state index is -0.581. The molecule has 1 aliphatic rings. The molecular weight excluding hydrogens is 274 g/mol. The van der Waals surface area contributed by atoms with Crippen LogP contribution in [0.15, 0.2) is 64.6 Å². The molecule has 0 amide bonds. The fraction of sp³-hybridized carbons (Fsp3) is 0. The van der Waals surface area contributed by atoms with Gasteiger partial charge in [0, 0.05) is 10.5 Å². The van der Waals surface area contributed by atoms with Crippen LogP contribution in [0, 0.1) is 0 Å². The summed E-state index contributed by atoms with van der Waals surface area (Å²) < 4.78 is 0. The van der Waals surface area contributed by atoms with Gasteiger partial charge in [-0.05, 0) is 24.3 Å². The Morgan fingerprint density at radius 3 is 2.45 bits per heavy atom. The van der Waals surface area contributed by atoms with Crippen LogP contribution in [-0.2, 0) is 4.84 Å². The number of hydrogen-bond acceptors (Lipinski definition) is 5. The highest BCUT2D eigenvalue weighted by Crippen LogP contribution is 2.33. The molecule has 0 saturated heterocycles. The number of carbonyl (C=O) groups excluding carboxylic acids is 2. The molecule has 0 saturated carbocycles. The number of nitrogens with zero attached hydrogens (tertiary/aromatic N) is 1. The number of oxime groups is 1. The lowest BCUT2D eigenvalue weighted by Crippen LogP contribution is -2.07. The molecule has 2 aromatic rings. The van der Waals surface area contributed by atoms with Crippen LogP contribution in [0.1, 0.15) is 20.7 Å². The molecule has 0 atom stereocenters. The molecule has 0 radical (unpaired) electrons. The quantitative estimate of drug-likeness (QED) is 0.627. The highest BCUT2D eigenvalue weighted by atomic mass is 32.2. The van der Waals surface area contributed by atoms with Gasteiger partial charge in [0.05, 0.1) is 5.56 Å².